The maximum absolute atomic E-state index is 14.5. The van der Waals surface area contributed by atoms with E-state index in [4.69, 9.17) is 0 Å². The molecule has 2 aliphatic rings. The van der Waals surface area contributed by atoms with Crippen molar-refractivity contribution in [3.63, 3.8) is 0 Å². The van der Waals surface area contributed by atoms with Crippen LogP contribution in [0.15, 0.2) is 120 Å². The van der Waals surface area contributed by atoms with Crippen molar-refractivity contribution >= 4 is 47.8 Å². The third-order valence-corrected chi connectivity index (χ3v) is 10.6. The molecule has 6 rings (SSSR count). The Morgan fingerprint density at radius 1 is 0.900 bits per heavy atom. The lowest BCUT2D eigenvalue weighted by Crippen LogP contribution is -2.61. The highest BCUT2D eigenvalue weighted by atomic mass is 127. The monoisotopic (exact) mass is 660 g/mol. The van der Waals surface area contributed by atoms with Gasteiger partial charge < -0.3 is 4.90 Å². The molecule has 40 heavy (non-hydrogen) atoms. The fourth-order valence-electron chi connectivity index (χ4n) is 5.97. The van der Waals surface area contributed by atoms with E-state index in [-0.39, 0.29) is 10.8 Å². The summed E-state index contributed by atoms with van der Waals surface area (Å²) in [6, 6.07) is 34.5. The average molecular weight is 661 g/mol. The number of halogens is 1. The smallest absolute Gasteiger partial charge is 0.266 e. The number of benzene rings is 4. The number of piperidine rings is 1. The number of likely N-dealkylation sites (tertiary alicyclic amines) is 1. The Kier molecular flexibility index (Phi) is 7.04. The zero-order valence-corrected chi connectivity index (χ0v) is 25.0. The van der Waals surface area contributed by atoms with Crippen molar-refractivity contribution in [1.29, 1.82) is 0 Å². The second-order valence-corrected chi connectivity index (χ2v) is 13.4. The maximum atomic E-state index is 14.5. The molecule has 5 nitrogen and oxygen atoms in total. The number of anilines is 1. The zero-order chi connectivity index (χ0) is 27.9. The lowest BCUT2D eigenvalue weighted by molar-refractivity contribution is -0.138. The van der Waals surface area contributed by atoms with Gasteiger partial charge in [-0.05, 0) is 70.8 Å². The fraction of sp³-hybridized carbons (Fsp3) is 0.182. The summed E-state index contributed by atoms with van der Waals surface area (Å²) in [6.45, 7) is 2.25. The molecule has 1 saturated heterocycles. The third-order valence-electron chi connectivity index (χ3n) is 7.90. The molecule has 1 amide bonds. The van der Waals surface area contributed by atoms with Crippen molar-refractivity contribution in [2.45, 2.75) is 42.8 Å². The Balaban J connectivity index is 1.60. The van der Waals surface area contributed by atoms with E-state index in [0.717, 1.165) is 25.8 Å². The van der Waals surface area contributed by atoms with E-state index >= 15 is 0 Å². The first kappa shape index (κ1) is 26.8. The van der Waals surface area contributed by atoms with Gasteiger partial charge in [0.2, 0.25) is 5.91 Å². The predicted molar refractivity (Wildman–Crippen MR) is 167 cm³/mol. The van der Waals surface area contributed by atoms with Crippen LogP contribution in [0.3, 0.4) is 0 Å². The number of nitrogens with zero attached hydrogens (tertiary/aromatic N) is 2. The number of hydrogen-bond acceptors (Lipinski definition) is 3. The minimum Gasteiger partial charge on any atom is -0.316 e. The predicted octanol–water partition coefficient (Wildman–Crippen LogP) is 7.07. The van der Waals surface area contributed by atoms with Gasteiger partial charge in [-0.2, -0.15) is 0 Å². The molecule has 1 fully saturated rings. The van der Waals surface area contributed by atoms with Crippen LogP contribution < -0.4 is 4.31 Å². The van der Waals surface area contributed by atoms with Crippen molar-refractivity contribution in [3.8, 4) is 0 Å². The normalized spacial score (nSPS) is 20.8. The molecule has 2 atom stereocenters. The van der Waals surface area contributed by atoms with Gasteiger partial charge in [0.15, 0.2) is 0 Å². The van der Waals surface area contributed by atoms with E-state index in [1.165, 1.54) is 4.31 Å². The average Bonchev–Trinajstić information content (AvgIpc) is 3.27. The zero-order valence-electron chi connectivity index (χ0n) is 22.1. The number of para-hydroxylation sites is 1. The third kappa shape index (κ3) is 4.55. The first-order valence-corrected chi connectivity index (χ1v) is 15.8. The van der Waals surface area contributed by atoms with Crippen LogP contribution >= 0.6 is 22.6 Å². The van der Waals surface area contributed by atoms with Crippen LogP contribution in [0.2, 0.25) is 0 Å². The molecule has 4 aromatic carbocycles. The number of fused-ring (bicyclic) bond motifs is 3. The SMILES string of the molecule is Cc1ccc(S(=O)(=O)N2c3ccccc3[C@]3(/C=C(\I)c4ccccc4)CCC(=O)N(Cc4ccccc4)[C@H]23)cc1. The summed E-state index contributed by atoms with van der Waals surface area (Å²) in [7, 11) is -4.02. The van der Waals surface area contributed by atoms with E-state index in [1.54, 1.807) is 17.0 Å². The molecule has 0 aliphatic carbocycles. The molecule has 7 heteroatoms. The number of amides is 1. The molecule has 202 valence electrons. The summed E-state index contributed by atoms with van der Waals surface area (Å²) in [6.07, 6.45) is 2.27. The van der Waals surface area contributed by atoms with Gasteiger partial charge in [-0.1, -0.05) is 103 Å². The van der Waals surface area contributed by atoms with Gasteiger partial charge in [0, 0.05) is 16.5 Å². The number of sulfonamides is 1. The van der Waals surface area contributed by atoms with Crippen molar-refractivity contribution < 1.29 is 13.2 Å². The van der Waals surface area contributed by atoms with Gasteiger partial charge >= 0.3 is 0 Å². The quantitative estimate of drug-likeness (QED) is 0.208. The van der Waals surface area contributed by atoms with E-state index in [9.17, 15) is 13.2 Å². The lowest BCUT2D eigenvalue weighted by Gasteiger charge is -2.47. The summed E-state index contributed by atoms with van der Waals surface area (Å²) in [5, 5.41) is 0. The van der Waals surface area contributed by atoms with E-state index in [1.807, 2.05) is 91.9 Å². The Bertz CT molecular complexity index is 1690. The van der Waals surface area contributed by atoms with Crippen LogP contribution in [0.4, 0.5) is 5.69 Å². The molecule has 0 radical (unpaired) electrons. The van der Waals surface area contributed by atoms with Crippen molar-refractivity contribution in [1.82, 2.24) is 4.90 Å². The molecule has 4 aromatic rings. The molecule has 0 bridgehead atoms. The highest BCUT2D eigenvalue weighted by molar-refractivity contribution is 14.1. The molecule has 0 N–H and O–H groups in total. The Morgan fingerprint density at radius 2 is 1.52 bits per heavy atom. The molecule has 0 saturated carbocycles. The van der Waals surface area contributed by atoms with E-state index < -0.39 is 21.6 Å². The minimum atomic E-state index is -4.02. The second-order valence-electron chi connectivity index (χ2n) is 10.4. The Labute approximate surface area is 249 Å². The van der Waals surface area contributed by atoms with Crippen molar-refractivity contribution in [2.24, 2.45) is 0 Å². The van der Waals surface area contributed by atoms with Gasteiger partial charge in [-0.15, -0.1) is 0 Å². The second kappa shape index (κ2) is 10.5. The van der Waals surface area contributed by atoms with Crippen LogP contribution in [0, 0.1) is 6.92 Å². The van der Waals surface area contributed by atoms with Gasteiger partial charge in [0.1, 0.15) is 6.17 Å². The van der Waals surface area contributed by atoms with Crippen LogP contribution in [0.25, 0.3) is 3.58 Å². The molecule has 2 aliphatic heterocycles. The summed E-state index contributed by atoms with van der Waals surface area (Å²) in [5.74, 6) is -0.0514. The number of aryl methyl sites for hydroxylation is 1. The van der Waals surface area contributed by atoms with E-state index in [2.05, 4.69) is 40.8 Å². The lowest BCUT2D eigenvalue weighted by atomic mass is 9.72. The van der Waals surface area contributed by atoms with Crippen LogP contribution in [0.5, 0.6) is 0 Å². The van der Waals surface area contributed by atoms with Crippen LogP contribution in [-0.2, 0) is 26.8 Å². The summed E-state index contributed by atoms with van der Waals surface area (Å²) in [5.41, 5.74) is 3.80. The summed E-state index contributed by atoms with van der Waals surface area (Å²) < 4.78 is 31.6. The summed E-state index contributed by atoms with van der Waals surface area (Å²) in [4.78, 5) is 15.7. The van der Waals surface area contributed by atoms with Crippen molar-refractivity contribution in [2.75, 3.05) is 4.31 Å². The van der Waals surface area contributed by atoms with Gasteiger partial charge in [0.05, 0.1) is 16.0 Å². The summed E-state index contributed by atoms with van der Waals surface area (Å²) >= 11 is 2.35. The first-order valence-electron chi connectivity index (χ1n) is 13.3. The molecular weight excluding hydrogens is 631 g/mol. The first-order chi connectivity index (χ1) is 19.3. The van der Waals surface area contributed by atoms with Crippen LogP contribution in [0.1, 0.15) is 35.1 Å². The van der Waals surface area contributed by atoms with Crippen LogP contribution in [-0.4, -0.2) is 25.4 Å². The molecule has 0 spiro atoms. The Morgan fingerprint density at radius 3 is 2.23 bits per heavy atom. The van der Waals surface area contributed by atoms with Crippen molar-refractivity contribution in [3.05, 3.63) is 138 Å². The van der Waals surface area contributed by atoms with Gasteiger partial charge in [-0.25, -0.2) is 12.7 Å². The minimum absolute atomic E-state index is 0.0514. The number of hydrogen-bond donors (Lipinski definition) is 0. The van der Waals surface area contributed by atoms with Gasteiger partial charge in [-0.3, -0.25) is 4.79 Å². The topological polar surface area (TPSA) is 57.7 Å². The molecular formula is C33H29IN2O3S. The van der Waals surface area contributed by atoms with Gasteiger partial charge in [0.25, 0.3) is 10.0 Å². The molecule has 0 unspecified atom stereocenters. The molecule has 2 heterocycles. The largest absolute Gasteiger partial charge is 0.316 e. The molecule has 0 aromatic heterocycles. The van der Waals surface area contributed by atoms with E-state index in [0.29, 0.717) is 25.1 Å². The highest BCUT2D eigenvalue weighted by Gasteiger charge is 2.59. The fourth-order valence-corrected chi connectivity index (χ4v) is 8.58. The highest BCUT2D eigenvalue weighted by Crippen LogP contribution is 2.55. The maximum Gasteiger partial charge on any atom is 0.266 e. The standard InChI is InChI=1S/C33H29IN2O3S/c1-24-16-18-27(19-17-24)40(38,39)36-30-15-9-8-14-28(30)33(22-29(34)26-12-6-3-7-13-26)21-20-31(37)35(32(33)36)23-25-10-4-2-5-11-25/h2-19,22,32H,20-21,23H2,1H3/b29-22-/t32-,33-/m1/s1. The Hall–Kier alpha value is -3.43. The number of carbonyl (C=O) groups is 1. The number of rotatable bonds is 6. The number of carbonyl (C=O) groups excluding carboxylic acids is 1.